The Kier molecular flexibility index (Phi) is 5.12. The summed E-state index contributed by atoms with van der Waals surface area (Å²) in [4.78, 5) is 29.3. The van der Waals surface area contributed by atoms with Crippen LogP contribution in [0.5, 0.6) is 0 Å². The molecule has 1 N–H and O–H groups in total. The van der Waals surface area contributed by atoms with Crippen LogP contribution in [0.2, 0.25) is 0 Å². The minimum atomic E-state index is -4.13. The number of hydrogen-bond acceptors (Lipinski definition) is 5. The lowest BCUT2D eigenvalue weighted by Gasteiger charge is -2.07. The number of anilines is 1. The fourth-order valence-corrected chi connectivity index (χ4v) is 4.47. The summed E-state index contributed by atoms with van der Waals surface area (Å²) in [6, 6.07) is 14.0. The van der Waals surface area contributed by atoms with Crippen LogP contribution in [0.4, 0.5) is 10.1 Å². The van der Waals surface area contributed by atoms with E-state index in [1.54, 1.807) is 37.3 Å². The van der Waals surface area contributed by atoms with E-state index in [4.69, 9.17) is 0 Å². The van der Waals surface area contributed by atoms with E-state index in [0.717, 1.165) is 40.1 Å². The lowest BCUT2D eigenvalue weighted by Crippen LogP contribution is -2.23. The molecule has 4 aromatic rings. The molecule has 0 saturated carbocycles. The summed E-state index contributed by atoms with van der Waals surface area (Å²) in [5, 5.41) is 2.77. The maximum absolute atomic E-state index is 13.2. The van der Waals surface area contributed by atoms with Crippen LogP contribution >= 0.6 is 0 Å². The Morgan fingerprint density at radius 1 is 1.00 bits per heavy atom. The number of rotatable bonds is 5. The summed E-state index contributed by atoms with van der Waals surface area (Å²) in [6.45, 7) is 1.78. The van der Waals surface area contributed by atoms with Gasteiger partial charge in [0.1, 0.15) is 5.82 Å². The molecule has 7 nitrogen and oxygen atoms in total. The minimum Gasteiger partial charge on any atom is -0.318 e. The lowest BCUT2D eigenvalue weighted by atomic mass is 10.1. The largest absolute Gasteiger partial charge is 0.318 e. The third-order valence-electron chi connectivity index (χ3n) is 4.67. The number of nitrogens with one attached hydrogen (secondary N) is 1. The molecular weight excluding hydrogens is 421 g/mol. The van der Waals surface area contributed by atoms with Crippen molar-refractivity contribution in [2.24, 2.45) is 0 Å². The number of nitrogens with zero attached hydrogens (tertiary/aromatic N) is 2. The monoisotopic (exact) mass is 437 g/mol. The molecule has 0 aliphatic heterocycles. The van der Waals surface area contributed by atoms with Crippen LogP contribution in [-0.4, -0.2) is 29.1 Å². The molecule has 0 aliphatic rings. The standard InChI is InChI=1S/C22H16FN3O4S/c1-14-6-9-16(12-24-14)25-22(28)21(27)19-13-26(20-5-3-2-4-18(19)20)31(29,30)17-10-7-15(23)8-11-17/h2-13H,1H3,(H,25,28). The fraction of sp³-hybridized carbons (Fsp3) is 0.0455. The fourth-order valence-electron chi connectivity index (χ4n) is 3.10. The molecule has 0 radical (unpaired) electrons. The molecule has 0 bridgehead atoms. The van der Waals surface area contributed by atoms with E-state index in [1.165, 1.54) is 12.3 Å². The first kappa shape index (κ1) is 20.4. The van der Waals surface area contributed by atoms with Gasteiger partial charge >= 0.3 is 0 Å². The van der Waals surface area contributed by atoms with Crippen molar-refractivity contribution in [2.45, 2.75) is 11.8 Å². The number of Topliss-reactive ketones (excluding diaryl/α,β-unsaturated/α-hetero) is 1. The van der Waals surface area contributed by atoms with Gasteiger partial charge in [-0.3, -0.25) is 14.6 Å². The second-order valence-electron chi connectivity index (χ2n) is 6.79. The van der Waals surface area contributed by atoms with Crippen LogP contribution in [0.3, 0.4) is 0 Å². The summed E-state index contributed by atoms with van der Waals surface area (Å²) in [5.74, 6) is -2.40. The summed E-state index contributed by atoms with van der Waals surface area (Å²) in [5.41, 5.74) is 1.24. The van der Waals surface area contributed by atoms with Crippen molar-refractivity contribution in [1.29, 1.82) is 0 Å². The maximum atomic E-state index is 13.2. The molecule has 0 unspecified atom stereocenters. The average Bonchev–Trinajstić information content (AvgIpc) is 3.15. The number of aryl methyl sites for hydroxylation is 1. The first-order valence-electron chi connectivity index (χ1n) is 9.17. The predicted octanol–water partition coefficient (Wildman–Crippen LogP) is 3.54. The smallest absolute Gasteiger partial charge is 0.296 e. The van der Waals surface area contributed by atoms with Crippen LogP contribution in [-0.2, 0) is 14.8 Å². The van der Waals surface area contributed by atoms with Crippen molar-refractivity contribution in [3.8, 4) is 0 Å². The van der Waals surface area contributed by atoms with Crippen LogP contribution in [0.1, 0.15) is 16.1 Å². The molecule has 4 rings (SSSR count). The van der Waals surface area contributed by atoms with Gasteiger partial charge in [-0.05, 0) is 49.4 Å². The zero-order valence-corrected chi connectivity index (χ0v) is 17.1. The van der Waals surface area contributed by atoms with Gasteiger partial charge in [-0.2, -0.15) is 0 Å². The Hall–Kier alpha value is -3.85. The molecule has 0 fully saturated rings. The quantitative estimate of drug-likeness (QED) is 0.380. The second kappa shape index (κ2) is 7.77. The number of benzene rings is 2. The van der Waals surface area contributed by atoms with Gasteiger partial charge in [0.25, 0.3) is 21.7 Å². The van der Waals surface area contributed by atoms with Crippen LogP contribution in [0.15, 0.2) is 78.0 Å². The average molecular weight is 437 g/mol. The van der Waals surface area contributed by atoms with E-state index in [2.05, 4.69) is 10.3 Å². The number of pyridine rings is 1. The number of para-hydroxylation sites is 1. The first-order valence-corrected chi connectivity index (χ1v) is 10.6. The third-order valence-corrected chi connectivity index (χ3v) is 6.36. The molecule has 2 heterocycles. The Balaban J connectivity index is 1.76. The molecule has 0 aliphatic carbocycles. The highest BCUT2D eigenvalue weighted by molar-refractivity contribution is 7.90. The number of fused-ring (bicyclic) bond motifs is 1. The van der Waals surface area contributed by atoms with E-state index < -0.39 is 27.5 Å². The third kappa shape index (κ3) is 3.82. The van der Waals surface area contributed by atoms with Crippen LogP contribution < -0.4 is 5.32 Å². The number of carbonyl (C=O) groups excluding carboxylic acids is 2. The molecule has 2 aromatic heterocycles. The zero-order valence-electron chi connectivity index (χ0n) is 16.2. The second-order valence-corrected chi connectivity index (χ2v) is 8.60. The van der Waals surface area contributed by atoms with Crippen molar-refractivity contribution in [3.05, 3.63) is 90.1 Å². The molecule has 9 heteroatoms. The van der Waals surface area contributed by atoms with Gasteiger partial charge in [0.15, 0.2) is 0 Å². The highest BCUT2D eigenvalue weighted by Crippen LogP contribution is 2.27. The molecule has 0 saturated heterocycles. The van der Waals surface area contributed by atoms with Gasteiger partial charge in [0.05, 0.1) is 27.9 Å². The van der Waals surface area contributed by atoms with Crippen molar-refractivity contribution < 1.29 is 22.4 Å². The van der Waals surface area contributed by atoms with Crippen molar-refractivity contribution >= 4 is 38.3 Å². The minimum absolute atomic E-state index is 0.0705. The SMILES string of the molecule is Cc1ccc(NC(=O)C(=O)c2cn(S(=O)(=O)c3ccc(F)cc3)c3ccccc23)cn1. The van der Waals surface area contributed by atoms with E-state index >= 15 is 0 Å². The topological polar surface area (TPSA) is 98.1 Å². The molecule has 156 valence electrons. The number of carbonyl (C=O) groups is 2. The van der Waals surface area contributed by atoms with Crippen molar-refractivity contribution in [3.63, 3.8) is 0 Å². The number of ketones is 1. The Morgan fingerprint density at radius 3 is 2.39 bits per heavy atom. The van der Waals surface area contributed by atoms with Crippen LogP contribution in [0.25, 0.3) is 10.9 Å². The first-order chi connectivity index (χ1) is 14.8. The van der Waals surface area contributed by atoms with E-state index in [1.807, 2.05) is 0 Å². The molecule has 1 amide bonds. The summed E-state index contributed by atoms with van der Waals surface area (Å²) < 4.78 is 40.4. The normalized spacial score (nSPS) is 11.4. The van der Waals surface area contributed by atoms with Crippen molar-refractivity contribution in [1.82, 2.24) is 8.96 Å². The number of aromatic nitrogens is 2. The lowest BCUT2D eigenvalue weighted by molar-refractivity contribution is -0.112. The van der Waals surface area contributed by atoms with E-state index in [0.29, 0.717) is 11.1 Å². The van der Waals surface area contributed by atoms with Gasteiger partial charge in [-0.1, -0.05) is 18.2 Å². The van der Waals surface area contributed by atoms with Gasteiger partial charge in [0, 0.05) is 17.3 Å². The zero-order chi connectivity index (χ0) is 22.2. The number of halogens is 1. The van der Waals surface area contributed by atoms with Crippen LogP contribution in [0, 0.1) is 12.7 Å². The summed E-state index contributed by atoms with van der Waals surface area (Å²) in [7, 11) is -4.13. The number of hydrogen-bond donors (Lipinski definition) is 1. The van der Waals surface area contributed by atoms with Crippen molar-refractivity contribution in [2.75, 3.05) is 5.32 Å². The van der Waals surface area contributed by atoms with E-state index in [9.17, 15) is 22.4 Å². The molecule has 2 aromatic carbocycles. The van der Waals surface area contributed by atoms with Gasteiger partial charge in [-0.15, -0.1) is 0 Å². The van der Waals surface area contributed by atoms with Gasteiger partial charge < -0.3 is 5.32 Å². The van der Waals surface area contributed by atoms with Gasteiger partial charge in [-0.25, -0.2) is 16.8 Å². The highest BCUT2D eigenvalue weighted by Gasteiger charge is 2.26. The molecule has 31 heavy (non-hydrogen) atoms. The Labute approximate surface area is 177 Å². The van der Waals surface area contributed by atoms with Gasteiger partial charge in [0.2, 0.25) is 0 Å². The Bertz CT molecular complexity index is 1410. The van der Waals surface area contributed by atoms with E-state index in [-0.39, 0.29) is 16.0 Å². The molecular formula is C22H16FN3O4S. The number of amides is 1. The molecule has 0 spiro atoms. The predicted molar refractivity (Wildman–Crippen MR) is 113 cm³/mol. The summed E-state index contributed by atoms with van der Waals surface area (Å²) in [6.07, 6.45) is 2.53. The summed E-state index contributed by atoms with van der Waals surface area (Å²) >= 11 is 0. The Morgan fingerprint density at radius 2 is 1.71 bits per heavy atom. The highest BCUT2D eigenvalue weighted by atomic mass is 32.2. The molecule has 0 atom stereocenters. The maximum Gasteiger partial charge on any atom is 0.296 e.